The van der Waals surface area contributed by atoms with Gasteiger partial charge in [-0.1, -0.05) is 48.5 Å². The fraction of sp³-hybridized carbons (Fsp3) is 0.346. The Morgan fingerprint density at radius 3 is 0.848 bits per heavy atom. The van der Waals surface area contributed by atoms with Gasteiger partial charge in [0.05, 0.1) is 91.1 Å². The Labute approximate surface area is 391 Å². The lowest BCUT2D eigenvalue weighted by Crippen LogP contribution is -2.23. The molecule has 12 nitrogen and oxygen atoms in total. The first kappa shape index (κ1) is 44.4. The third kappa shape index (κ3) is 9.29. The summed E-state index contributed by atoms with van der Waals surface area (Å²) in [7, 11) is 0. The molecule has 0 unspecified atom stereocenters. The molecule has 4 heterocycles. The summed E-state index contributed by atoms with van der Waals surface area (Å²) >= 11 is 3.35. The molecule has 0 N–H and O–H groups in total. The van der Waals surface area contributed by atoms with Crippen LogP contribution in [0.5, 0.6) is 23.0 Å². The molecule has 66 heavy (non-hydrogen) atoms. The molecular formula is C52H50O12S2. The number of rotatable bonds is 3. The van der Waals surface area contributed by atoms with E-state index in [1.165, 1.54) is 0 Å². The molecule has 4 aliphatic rings. The number of thiophene rings is 2. The number of ketones is 2. The third-order valence-electron chi connectivity index (χ3n) is 11.9. The molecule has 0 saturated heterocycles. The van der Waals surface area contributed by atoms with E-state index < -0.39 is 0 Å². The van der Waals surface area contributed by atoms with Gasteiger partial charge in [-0.3, -0.25) is 9.59 Å². The Morgan fingerprint density at radius 2 is 0.576 bits per heavy atom. The van der Waals surface area contributed by atoms with Gasteiger partial charge < -0.3 is 47.4 Å². The molecule has 342 valence electrons. The summed E-state index contributed by atoms with van der Waals surface area (Å²) in [5, 5.41) is 0. The average Bonchev–Trinajstić information content (AvgIpc) is 4.03. The molecule has 0 amide bonds. The van der Waals surface area contributed by atoms with Crippen LogP contribution in [0.15, 0.2) is 97.1 Å². The largest absolute Gasteiger partial charge is 0.491 e. The molecule has 0 saturated carbocycles. The van der Waals surface area contributed by atoms with Crippen molar-refractivity contribution in [2.45, 2.75) is 11.8 Å². The first-order chi connectivity index (χ1) is 32.7. The van der Waals surface area contributed by atoms with Gasteiger partial charge in [0, 0.05) is 64.0 Å². The van der Waals surface area contributed by atoms with E-state index in [0.29, 0.717) is 151 Å². The maximum Gasteiger partial charge on any atom is 0.193 e. The Hall–Kier alpha value is -5.42. The minimum absolute atomic E-state index is 0.0760. The van der Waals surface area contributed by atoms with Gasteiger partial charge in [-0.2, -0.15) is 0 Å². The summed E-state index contributed by atoms with van der Waals surface area (Å²) in [6.45, 7) is 6.19. The first-order valence-electron chi connectivity index (χ1n) is 22.4. The van der Waals surface area contributed by atoms with Crippen molar-refractivity contribution in [2.75, 3.05) is 106 Å². The van der Waals surface area contributed by atoms with Gasteiger partial charge in [0.2, 0.25) is 0 Å². The minimum Gasteiger partial charge on any atom is -0.491 e. The molecule has 10 rings (SSSR count). The summed E-state index contributed by atoms with van der Waals surface area (Å²) in [6, 6.07) is 31.3. The van der Waals surface area contributed by atoms with Crippen LogP contribution in [0.3, 0.4) is 0 Å². The molecule has 0 spiro atoms. The maximum atomic E-state index is 14.4. The molecular weight excluding hydrogens is 881 g/mol. The van der Waals surface area contributed by atoms with Crippen molar-refractivity contribution < 1.29 is 57.0 Å². The van der Waals surface area contributed by atoms with Crippen LogP contribution in [-0.4, -0.2) is 117 Å². The average molecular weight is 931 g/mol. The van der Waals surface area contributed by atoms with E-state index in [1.807, 2.05) is 72.8 Å². The zero-order chi connectivity index (χ0) is 44.7. The SMILES string of the molecule is O=C1c2cccc3c2C(c2ccc(-c4ccc(C5c6c7cccc6C(=O)c6cccc(c65)OCCOCCOCCOCCO7)s4)s2)c2c(cccc21)OCCOCCOCCOCCO3. The molecule has 0 radical (unpaired) electrons. The fourth-order valence-corrected chi connectivity index (χ4v) is 11.4. The van der Waals surface area contributed by atoms with Gasteiger partial charge in [0.1, 0.15) is 49.4 Å². The molecule has 4 bridgehead atoms. The van der Waals surface area contributed by atoms with Crippen LogP contribution < -0.4 is 18.9 Å². The van der Waals surface area contributed by atoms with Crippen molar-refractivity contribution in [3.05, 3.63) is 151 Å². The van der Waals surface area contributed by atoms with E-state index in [-0.39, 0.29) is 23.4 Å². The number of hydrogen-bond donors (Lipinski definition) is 0. The van der Waals surface area contributed by atoms with E-state index in [4.69, 9.17) is 47.4 Å². The third-order valence-corrected chi connectivity index (χ3v) is 14.4. The van der Waals surface area contributed by atoms with Crippen molar-refractivity contribution in [3.8, 4) is 32.8 Å². The quantitative estimate of drug-likeness (QED) is 0.169. The molecule has 0 fully saturated rings. The lowest BCUT2D eigenvalue weighted by molar-refractivity contribution is 0.00477. The van der Waals surface area contributed by atoms with E-state index >= 15 is 0 Å². The zero-order valence-electron chi connectivity index (χ0n) is 36.4. The van der Waals surface area contributed by atoms with Gasteiger partial charge >= 0.3 is 0 Å². The summed E-state index contributed by atoms with van der Waals surface area (Å²) < 4.78 is 60.4. The lowest BCUT2D eigenvalue weighted by atomic mass is 9.75. The number of ether oxygens (including phenoxy) is 10. The topological polar surface area (TPSA) is 126 Å². The number of carbonyl (C=O) groups excluding carboxylic acids is 2. The molecule has 14 heteroatoms. The van der Waals surface area contributed by atoms with E-state index in [2.05, 4.69) is 24.3 Å². The monoisotopic (exact) mass is 930 g/mol. The van der Waals surface area contributed by atoms with Gasteiger partial charge in [0.15, 0.2) is 11.6 Å². The van der Waals surface area contributed by atoms with Gasteiger partial charge in [-0.25, -0.2) is 0 Å². The highest BCUT2D eigenvalue weighted by Crippen LogP contribution is 2.53. The van der Waals surface area contributed by atoms with Crippen LogP contribution in [0.1, 0.15) is 75.7 Å². The van der Waals surface area contributed by atoms with Crippen molar-refractivity contribution in [1.82, 2.24) is 0 Å². The minimum atomic E-state index is -0.371. The molecule has 6 aromatic rings. The van der Waals surface area contributed by atoms with Crippen LogP contribution in [0, 0.1) is 0 Å². The molecule has 0 atom stereocenters. The molecule has 4 aromatic carbocycles. The van der Waals surface area contributed by atoms with Gasteiger partial charge in [-0.05, 0) is 48.5 Å². The Bertz CT molecular complexity index is 2350. The Kier molecular flexibility index (Phi) is 14.2. The van der Waals surface area contributed by atoms with Gasteiger partial charge in [-0.15, -0.1) is 22.7 Å². The highest BCUT2D eigenvalue weighted by atomic mass is 32.1. The predicted octanol–water partition coefficient (Wildman–Crippen LogP) is 8.57. The predicted molar refractivity (Wildman–Crippen MR) is 249 cm³/mol. The van der Waals surface area contributed by atoms with Crippen molar-refractivity contribution in [2.24, 2.45) is 0 Å². The van der Waals surface area contributed by atoms with Crippen LogP contribution in [0.2, 0.25) is 0 Å². The van der Waals surface area contributed by atoms with Crippen molar-refractivity contribution >= 4 is 34.2 Å². The highest BCUT2D eigenvalue weighted by Gasteiger charge is 2.40. The second-order valence-corrected chi connectivity index (χ2v) is 18.1. The van der Waals surface area contributed by atoms with Crippen molar-refractivity contribution in [1.29, 1.82) is 0 Å². The first-order valence-corrected chi connectivity index (χ1v) is 24.1. The second-order valence-electron chi connectivity index (χ2n) is 15.9. The summed E-state index contributed by atoms with van der Waals surface area (Å²) in [6.07, 6.45) is 0. The highest BCUT2D eigenvalue weighted by molar-refractivity contribution is 7.22. The molecule has 2 aliphatic heterocycles. The fourth-order valence-electron chi connectivity index (χ4n) is 9.02. The smallest absolute Gasteiger partial charge is 0.193 e. The number of hydrogen-bond acceptors (Lipinski definition) is 14. The van der Waals surface area contributed by atoms with Crippen molar-refractivity contribution in [3.63, 3.8) is 0 Å². The standard InChI is InChI=1S/C52H50O12S2/c53-51-33-5-1-9-37-45(33)49(46-34(51)6-2-10-38(46)62-30-26-58-22-18-55-17-21-57-25-29-61-37)43-15-13-41(65-43)42-14-16-44(66-42)50-47-35-7-3-11-39(47)63-31-27-59-23-19-56-20-24-60-28-32-64-40-12-4-8-36(48(40)50)52(35)54/h1-16,49-50H,17-32H2. The Morgan fingerprint density at radius 1 is 0.318 bits per heavy atom. The Balaban J connectivity index is 1.04. The molecule has 2 aromatic heterocycles. The molecule has 2 aliphatic carbocycles. The van der Waals surface area contributed by atoms with E-state index in [0.717, 1.165) is 41.8 Å². The van der Waals surface area contributed by atoms with E-state index in [9.17, 15) is 9.59 Å². The summed E-state index contributed by atoms with van der Waals surface area (Å²) in [4.78, 5) is 32.9. The van der Waals surface area contributed by atoms with Crippen LogP contribution in [0.25, 0.3) is 9.75 Å². The zero-order valence-corrected chi connectivity index (χ0v) is 38.1. The van der Waals surface area contributed by atoms with E-state index in [1.54, 1.807) is 22.7 Å². The van der Waals surface area contributed by atoms with Gasteiger partial charge in [0.25, 0.3) is 0 Å². The normalized spacial score (nSPS) is 18.3. The van der Waals surface area contributed by atoms with Crippen LogP contribution in [0.4, 0.5) is 0 Å². The maximum absolute atomic E-state index is 14.4. The van der Waals surface area contributed by atoms with Crippen LogP contribution >= 0.6 is 22.7 Å². The summed E-state index contributed by atoms with van der Waals surface area (Å²) in [5.41, 5.74) is 5.58. The summed E-state index contributed by atoms with van der Waals surface area (Å²) in [5.74, 6) is 1.60. The lowest BCUT2D eigenvalue weighted by Gasteiger charge is -2.30. The van der Waals surface area contributed by atoms with Crippen LogP contribution in [-0.2, 0) is 28.4 Å². The second kappa shape index (κ2) is 21.0. The number of benzene rings is 4. The number of carbonyl (C=O) groups is 2.